The molecule has 0 spiro atoms. The molecule has 0 bridgehead atoms. The fourth-order valence-corrected chi connectivity index (χ4v) is 2.82. The van der Waals surface area contributed by atoms with Gasteiger partial charge in [0.15, 0.2) is 0 Å². The molecule has 3 rings (SSSR count). The lowest BCUT2D eigenvalue weighted by molar-refractivity contribution is -0.192. The number of nitrogens with zero attached hydrogens (tertiary/aromatic N) is 1. The number of H-pyrrole nitrogens is 3. The first-order valence-electron chi connectivity index (χ1n) is 9.48. The number of phenolic OH excluding ortho intramolecular Hbond substituents is 1. The number of benzene rings is 1. The molecule has 13 heteroatoms. The van der Waals surface area contributed by atoms with Gasteiger partial charge in [-0.15, -0.1) is 0 Å². The summed E-state index contributed by atoms with van der Waals surface area (Å²) in [6, 6.07) is 4.43. The van der Waals surface area contributed by atoms with Gasteiger partial charge in [0.05, 0.1) is 12.0 Å². The zero-order chi connectivity index (χ0) is 25.8. The van der Waals surface area contributed by atoms with Crippen LogP contribution in [0.15, 0.2) is 34.1 Å². The highest BCUT2D eigenvalue weighted by Crippen LogP contribution is 2.23. The standard InChI is InChI=1S/C19H19ClN4O3.C2HF3O2/c1-19(2,3)16-12(21-9-22-16)8-14-18(27)23-13(17(26)24-14)7-10-6-11(20)4-5-15(10)25;3-2(4,5)1(6)7/h4-9,25H,1-3H3,(H,21,22)(H,23,27)(H,24,26);(H,6,7)/b13-7-,14-8-;. The van der Waals surface area contributed by atoms with Gasteiger partial charge in [0.1, 0.15) is 16.4 Å². The maximum Gasteiger partial charge on any atom is 0.490 e. The summed E-state index contributed by atoms with van der Waals surface area (Å²) in [5, 5.41) is 17.5. The monoisotopic (exact) mass is 500 g/mol. The van der Waals surface area contributed by atoms with Crippen LogP contribution in [0.2, 0.25) is 5.02 Å². The summed E-state index contributed by atoms with van der Waals surface area (Å²) in [4.78, 5) is 46.1. The van der Waals surface area contributed by atoms with Crippen molar-refractivity contribution in [1.29, 1.82) is 0 Å². The van der Waals surface area contributed by atoms with Gasteiger partial charge in [-0.25, -0.2) is 9.78 Å². The Morgan fingerprint density at radius 3 is 2.09 bits per heavy atom. The highest BCUT2D eigenvalue weighted by molar-refractivity contribution is 6.30. The van der Waals surface area contributed by atoms with E-state index in [9.17, 15) is 27.9 Å². The summed E-state index contributed by atoms with van der Waals surface area (Å²) in [7, 11) is 0. The number of halogens is 4. The van der Waals surface area contributed by atoms with Crippen LogP contribution in [0.3, 0.4) is 0 Å². The van der Waals surface area contributed by atoms with Gasteiger partial charge < -0.3 is 25.2 Å². The van der Waals surface area contributed by atoms with Gasteiger partial charge >= 0.3 is 12.1 Å². The summed E-state index contributed by atoms with van der Waals surface area (Å²) < 4.78 is 31.7. The predicted octanol–water partition coefficient (Wildman–Crippen LogP) is 1.73. The number of alkyl halides is 3. The van der Waals surface area contributed by atoms with Gasteiger partial charge in [0, 0.05) is 21.7 Å². The molecule has 0 aliphatic heterocycles. The van der Waals surface area contributed by atoms with Gasteiger partial charge in [-0.1, -0.05) is 32.4 Å². The summed E-state index contributed by atoms with van der Waals surface area (Å²) in [6.45, 7) is 6.04. The van der Waals surface area contributed by atoms with Crippen LogP contribution in [-0.4, -0.2) is 42.3 Å². The third-order valence-electron chi connectivity index (χ3n) is 4.22. The third-order valence-corrected chi connectivity index (χ3v) is 4.45. The van der Waals surface area contributed by atoms with E-state index in [0.29, 0.717) is 16.3 Å². The Labute approximate surface area is 194 Å². The number of carboxylic acid groups (broad SMARTS) is 1. The minimum atomic E-state index is -5.08. The second-order valence-electron chi connectivity index (χ2n) is 7.94. The summed E-state index contributed by atoms with van der Waals surface area (Å²) in [5.74, 6) is -2.81. The average Bonchev–Trinajstić information content (AvgIpc) is 3.17. The molecule has 0 saturated heterocycles. The van der Waals surface area contributed by atoms with Crippen LogP contribution in [0.1, 0.15) is 37.7 Å². The first kappa shape index (κ1) is 26.5. The van der Waals surface area contributed by atoms with E-state index in [1.54, 1.807) is 6.33 Å². The number of aliphatic carboxylic acids is 1. The molecular formula is C21H20ClF3N4O5. The minimum Gasteiger partial charge on any atom is -0.507 e. The first-order chi connectivity index (χ1) is 15.6. The van der Waals surface area contributed by atoms with E-state index in [0.717, 1.165) is 5.69 Å². The molecular weight excluding hydrogens is 481 g/mol. The molecule has 2 heterocycles. The number of aromatic hydroxyl groups is 1. The number of aromatic amines is 3. The molecule has 1 aromatic carbocycles. The summed E-state index contributed by atoms with van der Waals surface area (Å²) >= 11 is 5.91. The van der Waals surface area contributed by atoms with Gasteiger partial charge in [-0.2, -0.15) is 13.2 Å². The quantitative estimate of drug-likeness (QED) is 0.361. The van der Waals surface area contributed by atoms with Gasteiger partial charge in [-0.05, 0) is 30.4 Å². The van der Waals surface area contributed by atoms with Crippen molar-refractivity contribution in [2.45, 2.75) is 32.4 Å². The molecule has 0 aliphatic rings. The molecule has 0 radical (unpaired) electrons. The van der Waals surface area contributed by atoms with E-state index in [1.165, 1.54) is 30.4 Å². The Bertz CT molecular complexity index is 1430. The number of phenols is 1. The number of carbonyl (C=O) groups is 1. The average molecular weight is 501 g/mol. The summed E-state index contributed by atoms with van der Waals surface area (Å²) in [5.41, 5.74) is 0.559. The van der Waals surface area contributed by atoms with E-state index in [1.807, 2.05) is 20.8 Å². The Kier molecular flexibility index (Phi) is 7.78. The van der Waals surface area contributed by atoms with E-state index in [4.69, 9.17) is 21.5 Å². The number of aromatic nitrogens is 4. The fraction of sp³-hybridized carbons (Fsp3) is 0.238. The Hall–Kier alpha value is -3.80. The Balaban J connectivity index is 0.000000509. The van der Waals surface area contributed by atoms with Crippen molar-refractivity contribution >= 4 is 29.7 Å². The molecule has 0 saturated carbocycles. The number of rotatable bonds is 2. The molecule has 34 heavy (non-hydrogen) atoms. The van der Waals surface area contributed by atoms with Crippen LogP contribution in [0.5, 0.6) is 5.75 Å². The lowest BCUT2D eigenvalue weighted by Crippen LogP contribution is -2.46. The zero-order valence-electron chi connectivity index (χ0n) is 18.0. The van der Waals surface area contributed by atoms with E-state index >= 15 is 0 Å². The van der Waals surface area contributed by atoms with Crippen LogP contribution < -0.4 is 21.8 Å². The predicted molar refractivity (Wildman–Crippen MR) is 118 cm³/mol. The molecule has 0 aliphatic carbocycles. The van der Waals surface area contributed by atoms with Crippen LogP contribution in [-0.2, 0) is 10.2 Å². The number of nitrogens with one attached hydrogen (secondary N) is 3. The zero-order valence-corrected chi connectivity index (χ0v) is 18.8. The molecule has 0 amide bonds. The van der Waals surface area contributed by atoms with Crippen molar-refractivity contribution in [2.24, 2.45) is 0 Å². The van der Waals surface area contributed by atoms with Crippen LogP contribution >= 0.6 is 11.6 Å². The molecule has 5 N–H and O–H groups in total. The maximum atomic E-state index is 12.4. The molecule has 0 atom stereocenters. The molecule has 9 nitrogen and oxygen atoms in total. The van der Waals surface area contributed by atoms with Gasteiger partial charge in [0.25, 0.3) is 11.1 Å². The lowest BCUT2D eigenvalue weighted by atomic mass is 9.90. The van der Waals surface area contributed by atoms with Crippen molar-refractivity contribution in [1.82, 2.24) is 19.9 Å². The number of carboxylic acids is 1. The fourth-order valence-electron chi connectivity index (χ4n) is 2.64. The van der Waals surface area contributed by atoms with Crippen LogP contribution in [0, 0.1) is 0 Å². The van der Waals surface area contributed by atoms with Crippen molar-refractivity contribution < 1.29 is 28.2 Å². The summed E-state index contributed by atoms with van der Waals surface area (Å²) in [6.07, 6.45) is -0.652. The van der Waals surface area contributed by atoms with Gasteiger partial charge in [0.2, 0.25) is 0 Å². The first-order valence-corrected chi connectivity index (χ1v) is 9.86. The van der Waals surface area contributed by atoms with Crippen molar-refractivity contribution in [2.75, 3.05) is 0 Å². The van der Waals surface area contributed by atoms with Crippen LogP contribution in [0.4, 0.5) is 13.2 Å². The number of imidazole rings is 1. The van der Waals surface area contributed by atoms with E-state index in [-0.39, 0.29) is 21.9 Å². The molecule has 0 unspecified atom stereocenters. The lowest BCUT2D eigenvalue weighted by Gasteiger charge is -2.16. The Morgan fingerprint density at radius 2 is 1.59 bits per heavy atom. The van der Waals surface area contributed by atoms with Crippen molar-refractivity contribution in [3.8, 4) is 5.75 Å². The number of hydrogen-bond donors (Lipinski definition) is 5. The normalized spacial score (nSPS) is 12.9. The molecule has 0 fully saturated rings. The minimum absolute atomic E-state index is 0.00721. The van der Waals surface area contributed by atoms with Crippen molar-refractivity contribution in [3.05, 3.63) is 77.9 Å². The molecule has 182 valence electrons. The smallest absolute Gasteiger partial charge is 0.490 e. The number of hydrogen-bond acceptors (Lipinski definition) is 5. The molecule has 2 aromatic heterocycles. The molecule has 3 aromatic rings. The topological polar surface area (TPSA) is 152 Å². The highest BCUT2D eigenvalue weighted by atomic mass is 35.5. The third kappa shape index (κ3) is 6.85. The van der Waals surface area contributed by atoms with Gasteiger partial charge in [-0.3, -0.25) is 9.59 Å². The highest BCUT2D eigenvalue weighted by Gasteiger charge is 2.38. The largest absolute Gasteiger partial charge is 0.507 e. The van der Waals surface area contributed by atoms with E-state index in [2.05, 4.69) is 19.9 Å². The second kappa shape index (κ2) is 10.00. The second-order valence-corrected chi connectivity index (χ2v) is 8.38. The Morgan fingerprint density at radius 1 is 1.06 bits per heavy atom. The maximum absolute atomic E-state index is 12.4. The van der Waals surface area contributed by atoms with Crippen LogP contribution in [0.25, 0.3) is 12.2 Å². The van der Waals surface area contributed by atoms with E-state index < -0.39 is 23.3 Å². The van der Waals surface area contributed by atoms with Crippen molar-refractivity contribution in [3.63, 3.8) is 0 Å². The SMILES string of the molecule is CC(C)(C)c1[nH]cnc1/C=c1\[nH]c(=O)/c(=C/c2cc(Cl)ccc2O)[nH]c1=O.O=C(O)C(F)(F)F.